The van der Waals surface area contributed by atoms with Crippen LogP contribution in [0.25, 0.3) is 0 Å². The summed E-state index contributed by atoms with van der Waals surface area (Å²) in [6, 6.07) is 13.6. The van der Waals surface area contributed by atoms with Gasteiger partial charge in [0.25, 0.3) is 5.91 Å². The molecular weight excluding hydrogens is 413 g/mol. The van der Waals surface area contributed by atoms with E-state index in [2.05, 4.69) is 33.2 Å². The molecule has 5 heteroatoms. The molecule has 2 aromatic carbocycles. The highest BCUT2D eigenvalue weighted by Gasteiger charge is 2.11. The molecule has 2 rings (SSSR count). The first kappa shape index (κ1) is 18.0. The van der Waals surface area contributed by atoms with Gasteiger partial charge >= 0.3 is 0 Å². The monoisotopic (exact) mass is 431 g/mol. The molecular formula is C19H18IN3O. The van der Waals surface area contributed by atoms with E-state index in [4.69, 9.17) is 0 Å². The third kappa shape index (κ3) is 4.36. The molecule has 4 nitrogen and oxygen atoms in total. The standard InChI is InChI=1S/C19H18IN3O/c1-12-5-4-6-13(2)18(12)22-11-15(10-21)19(24)23-17-8-7-16(20)9-14(17)3/h4-9,11,22H,1-3H3,(H,23,24)/b15-11-. The van der Waals surface area contributed by atoms with Gasteiger partial charge in [-0.25, -0.2) is 0 Å². The highest BCUT2D eigenvalue weighted by molar-refractivity contribution is 14.1. The van der Waals surface area contributed by atoms with E-state index in [1.807, 2.05) is 63.2 Å². The van der Waals surface area contributed by atoms with Crippen molar-refractivity contribution in [2.45, 2.75) is 20.8 Å². The molecule has 0 aliphatic rings. The van der Waals surface area contributed by atoms with E-state index in [-0.39, 0.29) is 5.57 Å². The number of para-hydroxylation sites is 1. The molecule has 24 heavy (non-hydrogen) atoms. The Kier molecular flexibility index (Phi) is 5.99. The van der Waals surface area contributed by atoms with Crippen molar-refractivity contribution < 1.29 is 4.79 Å². The zero-order valence-electron chi connectivity index (χ0n) is 13.8. The quantitative estimate of drug-likeness (QED) is 0.420. The van der Waals surface area contributed by atoms with Gasteiger partial charge in [-0.2, -0.15) is 5.26 Å². The average molecular weight is 431 g/mol. The summed E-state index contributed by atoms with van der Waals surface area (Å²) in [6.45, 7) is 5.87. The summed E-state index contributed by atoms with van der Waals surface area (Å²) in [5, 5.41) is 15.1. The molecule has 0 heterocycles. The Balaban J connectivity index is 2.18. The predicted molar refractivity (Wildman–Crippen MR) is 106 cm³/mol. The number of anilines is 2. The van der Waals surface area contributed by atoms with Crippen LogP contribution in [0, 0.1) is 35.7 Å². The topological polar surface area (TPSA) is 64.9 Å². The summed E-state index contributed by atoms with van der Waals surface area (Å²) >= 11 is 2.22. The molecule has 0 unspecified atom stereocenters. The molecule has 0 aromatic heterocycles. The number of benzene rings is 2. The molecule has 2 N–H and O–H groups in total. The van der Waals surface area contributed by atoms with Crippen LogP contribution in [-0.4, -0.2) is 5.91 Å². The average Bonchev–Trinajstić information content (AvgIpc) is 2.53. The van der Waals surface area contributed by atoms with Gasteiger partial charge in [0.15, 0.2) is 0 Å². The van der Waals surface area contributed by atoms with Crippen LogP contribution < -0.4 is 10.6 Å². The van der Waals surface area contributed by atoms with Crippen molar-refractivity contribution in [1.29, 1.82) is 5.26 Å². The lowest BCUT2D eigenvalue weighted by atomic mass is 10.1. The lowest BCUT2D eigenvalue weighted by Crippen LogP contribution is -2.15. The molecule has 0 bridgehead atoms. The number of nitrogens with zero attached hydrogens (tertiary/aromatic N) is 1. The van der Waals surface area contributed by atoms with Crippen molar-refractivity contribution >= 4 is 39.9 Å². The van der Waals surface area contributed by atoms with Crippen molar-refractivity contribution in [2.75, 3.05) is 10.6 Å². The van der Waals surface area contributed by atoms with Gasteiger partial charge in [-0.15, -0.1) is 0 Å². The fourth-order valence-electron chi connectivity index (χ4n) is 2.29. The minimum absolute atomic E-state index is 0.0237. The summed E-state index contributed by atoms with van der Waals surface area (Å²) in [5.41, 5.74) is 4.69. The van der Waals surface area contributed by atoms with E-state index < -0.39 is 5.91 Å². The normalized spacial score (nSPS) is 10.9. The van der Waals surface area contributed by atoms with Gasteiger partial charge in [0.2, 0.25) is 0 Å². The third-order valence-corrected chi connectivity index (χ3v) is 4.31. The van der Waals surface area contributed by atoms with Gasteiger partial charge in [0.1, 0.15) is 11.6 Å². The number of carbonyl (C=O) groups is 1. The van der Waals surface area contributed by atoms with Gasteiger partial charge in [-0.3, -0.25) is 4.79 Å². The number of nitrogens with one attached hydrogen (secondary N) is 2. The maximum Gasteiger partial charge on any atom is 0.267 e. The Morgan fingerprint density at radius 1 is 1.12 bits per heavy atom. The second-order valence-corrected chi connectivity index (χ2v) is 6.74. The van der Waals surface area contributed by atoms with Crippen molar-refractivity contribution in [3.63, 3.8) is 0 Å². The number of rotatable bonds is 4. The summed E-state index contributed by atoms with van der Waals surface area (Å²) < 4.78 is 1.09. The molecule has 0 fully saturated rings. The molecule has 0 atom stereocenters. The zero-order chi connectivity index (χ0) is 17.7. The molecule has 1 amide bonds. The SMILES string of the molecule is Cc1cc(I)ccc1NC(=O)/C(C#N)=C\Nc1c(C)cccc1C. The summed E-state index contributed by atoms with van der Waals surface area (Å²) in [6.07, 6.45) is 1.45. The number of aryl methyl sites for hydroxylation is 3. The Morgan fingerprint density at radius 2 is 1.79 bits per heavy atom. The van der Waals surface area contributed by atoms with E-state index in [9.17, 15) is 10.1 Å². The van der Waals surface area contributed by atoms with Crippen molar-refractivity contribution in [3.8, 4) is 6.07 Å². The lowest BCUT2D eigenvalue weighted by molar-refractivity contribution is -0.112. The van der Waals surface area contributed by atoms with Crippen molar-refractivity contribution in [3.05, 3.63) is 68.4 Å². The summed E-state index contributed by atoms with van der Waals surface area (Å²) in [5.74, 6) is -0.430. The second-order valence-electron chi connectivity index (χ2n) is 5.49. The van der Waals surface area contributed by atoms with Crippen LogP contribution in [0.3, 0.4) is 0 Å². The molecule has 0 radical (unpaired) electrons. The number of halogens is 1. The lowest BCUT2D eigenvalue weighted by Gasteiger charge is -2.11. The van der Waals surface area contributed by atoms with Gasteiger partial charge in [0.05, 0.1) is 0 Å². The first-order chi connectivity index (χ1) is 11.4. The Hall–Kier alpha value is -2.33. The number of hydrogen-bond donors (Lipinski definition) is 2. The molecule has 0 spiro atoms. The van der Waals surface area contributed by atoms with E-state index in [0.717, 1.165) is 25.9 Å². The van der Waals surface area contributed by atoms with Crippen molar-refractivity contribution in [2.24, 2.45) is 0 Å². The second kappa shape index (κ2) is 7.97. The van der Waals surface area contributed by atoms with E-state index >= 15 is 0 Å². The number of hydrogen-bond acceptors (Lipinski definition) is 3. The van der Waals surface area contributed by atoms with Crippen molar-refractivity contribution in [1.82, 2.24) is 0 Å². The maximum atomic E-state index is 12.3. The van der Waals surface area contributed by atoms with Crippen LogP contribution >= 0.6 is 22.6 Å². The first-order valence-electron chi connectivity index (χ1n) is 7.43. The fraction of sp³-hybridized carbons (Fsp3) is 0.158. The molecule has 0 aliphatic carbocycles. The van der Waals surface area contributed by atoms with Crippen LogP contribution in [0.1, 0.15) is 16.7 Å². The van der Waals surface area contributed by atoms with Crippen LogP contribution in [0.2, 0.25) is 0 Å². The Bertz CT molecular complexity index is 830. The number of carbonyl (C=O) groups excluding carboxylic acids is 1. The highest BCUT2D eigenvalue weighted by Crippen LogP contribution is 2.21. The van der Waals surface area contributed by atoms with Gasteiger partial charge in [-0.1, -0.05) is 18.2 Å². The van der Waals surface area contributed by atoms with Crippen LogP contribution in [0.15, 0.2) is 48.2 Å². The molecule has 122 valence electrons. The van der Waals surface area contributed by atoms with E-state index in [1.165, 1.54) is 6.20 Å². The summed E-state index contributed by atoms with van der Waals surface area (Å²) in [4.78, 5) is 12.3. The molecule has 2 aromatic rings. The largest absolute Gasteiger partial charge is 0.360 e. The first-order valence-corrected chi connectivity index (χ1v) is 8.50. The Morgan fingerprint density at radius 3 is 2.38 bits per heavy atom. The molecule has 0 saturated heterocycles. The van der Waals surface area contributed by atoms with Crippen LogP contribution in [0.5, 0.6) is 0 Å². The fourth-order valence-corrected chi connectivity index (χ4v) is 2.94. The predicted octanol–water partition coefficient (Wildman–Crippen LogP) is 4.67. The smallest absolute Gasteiger partial charge is 0.267 e. The van der Waals surface area contributed by atoms with Crippen LogP contribution in [0.4, 0.5) is 11.4 Å². The molecule has 0 saturated carbocycles. The minimum Gasteiger partial charge on any atom is -0.360 e. The summed E-state index contributed by atoms with van der Waals surface area (Å²) in [7, 11) is 0. The highest BCUT2D eigenvalue weighted by atomic mass is 127. The third-order valence-electron chi connectivity index (χ3n) is 3.64. The van der Waals surface area contributed by atoms with E-state index in [1.54, 1.807) is 0 Å². The van der Waals surface area contributed by atoms with E-state index in [0.29, 0.717) is 5.69 Å². The Labute approximate surface area is 155 Å². The number of nitriles is 1. The zero-order valence-corrected chi connectivity index (χ0v) is 15.9. The van der Waals surface area contributed by atoms with Gasteiger partial charge in [-0.05, 0) is 78.3 Å². The van der Waals surface area contributed by atoms with Crippen LogP contribution in [-0.2, 0) is 4.79 Å². The molecule has 0 aliphatic heterocycles. The van der Waals surface area contributed by atoms with Gasteiger partial charge in [0, 0.05) is 21.1 Å². The van der Waals surface area contributed by atoms with Gasteiger partial charge < -0.3 is 10.6 Å². The minimum atomic E-state index is -0.430. The number of amides is 1. The maximum absolute atomic E-state index is 12.3.